The van der Waals surface area contributed by atoms with Gasteiger partial charge in [0.15, 0.2) is 11.0 Å². The molecule has 0 aliphatic rings. The Hall–Kier alpha value is -1.20. The Bertz CT molecular complexity index is 429. The smallest absolute Gasteiger partial charge is 0.321 e. The molecular formula is C12H16ClFN2O2. The molecule has 100 valence electrons. The zero-order valence-electron chi connectivity index (χ0n) is 10.3. The van der Waals surface area contributed by atoms with Gasteiger partial charge in [-0.1, -0.05) is 25.4 Å². The van der Waals surface area contributed by atoms with Crippen LogP contribution in [0.2, 0.25) is 5.15 Å². The molecule has 1 rings (SSSR count). The van der Waals surface area contributed by atoms with E-state index in [1.165, 1.54) is 12.3 Å². The van der Waals surface area contributed by atoms with Crippen LogP contribution in [0.4, 0.5) is 4.39 Å². The molecule has 0 aliphatic heterocycles. The molecule has 2 atom stereocenters. The molecule has 6 heteroatoms. The Balaban J connectivity index is 2.98. The largest absolute Gasteiger partial charge is 0.480 e. The van der Waals surface area contributed by atoms with E-state index in [9.17, 15) is 9.18 Å². The highest BCUT2D eigenvalue weighted by molar-refractivity contribution is 6.29. The van der Waals surface area contributed by atoms with E-state index < -0.39 is 23.7 Å². The first-order valence-electron chi connectivity index (χ1n) is 5.75. The zero-order valence-corrected chi connectivity index (χ0v) is 11.0. The average molecular weight is 275 g/mol. The SMILES string of the molecule is CCCN[C@@H](C(=O)O)C(C)c1ccnc(Cl)c1F. The molecule has 0 bridgehead atoms. The molecule has 1 aromatic heterocycles. The van der Waals surface area contributed by atoms with Crippen LogP contribution in [-0.2, 0) is 4.79 Å². The number of nitrogens with zero attached hydrogens (tertiary/aromatic N) is 1. The second kappa shape index (κ2) is 6.66. The number of hydrogen-bond donors (Lipinski definition) is 2. The van der Waals surface area contributed by atoms with Crippen molar-refractivity contribution in [3.8, 4) is 0 Å². The number of hydrogen-bond acceptors (Lipinski definition) is 3. The van der Waals surface area contributed by atoms with Gasteiger partial charge in [0.25, 0.3) is 0 Å². The van der Waals surface area contributed by atoms with Gasteiger partial charge in [-0.25, -0.2) is 9.37 Å². The molecule has 1 unspecified atom stereocenters. The van der Waals surface area contributed by atoms with Crippen LogP contribution in [0.25, 0.3) is 0 Å². The minimum Gasteiger partial charge on any atom is -0.480 e. The van der Waals surface area contributed by atoms with Crippen molar-refractivity contribution in [2.24, 2.45) is 0 Å². The third kappa shape index (κ3) is 3.40. The maximum Gasteiger partial charge on any atom is 0.321 e. The Morgan fingerprint density at radius 1 is 1.67 bits per heavy atom. The van der Waals surface area contributed by atoms with Gasteiger partial charge in [-0.2, -0.15) is 0 Å². The number of rotatable bonds is 6. The van der Waals surface area contributed by atoms with Gasteiger partial charge >= 0.3 is 5.97 Å². The number of pyridine rings is 1. The third-order valence-corrected chi connectivity index (χ3v) is 3.01. The standard InChI is InChI=1S/C12H16ClFN2O2/c1-3-5-15-10(12(17)18)7(2)8-4-6-16-11(13)9(8)14/h4,6-7,10,15H,3,5H2,1-2H3,(H,17,18)/t7?,10-/m1/s1. The minimum absolute atomic E-state index is 0.237. The van der Waals surface area contributed by atoms with Crippen LogP contribution in [0, 0.1) is 5.82 Å². The topological polar surface area (TPSA) is 62.2 Å². The zero-order chi connectivity index (χ0) is 13.7. The summed E-state index contributed by atoms with van der Waals surface area (Å²) in [5.74, 6) is -2.20. The van der Waals surface area contributed by atoms with E-state index in [-0.39, 0.29) is 10.7 Å². The number of carboxylic acids is 1. The fourth-order valence-corrected chi connectivity index (χ4v) is 1.91. The number of carboxylic acid groups (broad SMARTS) is 1. The van der Waals surface area contributed by atoms with Crippen LogP contribution in [0.5, 0.6) is 0 Å². The number of halogens is 2. The fourth-order valence-electron chi connectivity index (χ4n) is 1.74. The van der Waals surface area contributed by atoms with Crippen molar-refractivity contribution in [3.05, 3.63) is 28.8 Å². The van der Waals surface area contributed by atoms with E-state index in [4.69, 9.17) is 16.7 Å². The van der Waals surface area contributed by atoms with Crippen LogP contribution in [0.1, 0.15) is 31.7 Å². The number of aliphatic carboxylic acids is 1. The quantitative estimate of drug-likeness (QED) is 0.782. The van der Waals surface area contributed by atoms with Gasteiger partial charge in [0.05, 0.1) is 0 Å². The summed E-state index contributed by atoms with van der Waals surface area (Å²) in [6.07, 6.45) is 2.17. The summed E-state index contributed by atoms with van der Waals surface area (Å²) in [5.41, 5.74) is 0.256. The molecule has 0 fully saturated rings. The Morgan fingerprint density at radius 3 is 2.89 bits per heavy atom. The van der Waals surface area contributed by atoms with Crippen molar-refractivity contribution in [2.75, 3.05) is 6.54 Å². The van der Waals surface area contributed by atoms with Gasteiger partial charge in [-0.15, -0.1) is 0 Å². The highest BCUT2D eigenvalue weighted by Crippen LogP contribution is 2.25. The predicted molar refractivity (Wildman–Crippen MR) is 67.3 cm³/mol. The fraction of sp³-hybridized carbons (Fsp3) is 0.500. The number of nitrogens with one attached hydrogen (secondary N) is 1. The summed E-state index contributed by atoms with van der Waals surface area (Å²) < 4.78 is 13.8. The lowest BCUT2D eigenvalue weighted by Crippen LogP contribution is -2.41. The minimum atomic E-state index is -1.01. The maximum atomic E-state index is 13.8. The molecule has 0 spiro atoms. The van der Waals surface area contributed by atoms with Crippen LogP contribution in [0.15, 0.2) is 12.3 Å². The molecular weight excluding hydrogens is 259 g/mol. The lowest BCUT2D eigenvalue weighted by Gasteiger charge is -2.22. The summed E-state index contributed by atoms with van der Waals surface area (Å²) in [7, 11) is 0. The molecule has 1 heterocycles. The van der Waals surface area contributed by atoms with Gasteiger partial charge in [0, 0.05) is 12.1 Å². The van der Waals surface area contributed by atoms with E-state index in [0.717, 1.165) is 6.42 Å². The summed E-state index contributed by atoms with van der Waals surface area (Å²) in [6.45, 7) is 4.14. The normalized spacial score (nSPS) is 14.2. The van der Waals surface area contributed by atoms with Crippen molar-refractivity contribution in [1.82, 2.24) is 10.3 Å². The van der Waals surface area contributed by atoms with E-state index in [2.05, 4.69) is 10.3 Å². The molecule has 0 aromatic carbocycles. The van der Waals surface area contributed by atoms with Crippen LogP contribution < -0.4 is 5.32 Å². The molecule has 0 amide bonds. The van der Waals surface area contributed by atoms with Crippen molar-refractivity contribution >= 4 is 17.6 Å². The molecule has 2 N–H and O–H groups in total. The average Bonchev–Trinajstić information content (AvgIpc) is 2.32. The number of carbonyl (C=O) groups is 1. The third-order valence-electron chi connectivity index (χ3n) is 2.75. The molecule has 0 aliphatic carbocycles. The van der Waals surface area contributed by atoms with Gasteiger partial charge < -0.3 is 10.4 Å². The Kier molecular flexibility index (Phi) is 5.50. The maximum absolute atomic E-state index is 13.8. The van der Waals surface area contributed by atoms with E-state index >= 15 is 0 Å². The number of aromatic nitrogens is 1. The summed E-state index contributed by atoms with van der Waals surface area (Å²) in [5, 5.41) is 11.8. The molecule has 4 nitrogen and oxygen atoms in total. The van der Waals surface area contributed by atoms with Crippen LogP contribution in [0.3, 0.4) is 0 Å². The van der Waals surface area contributed by atoms with Gasteiger partial charge in [0.1, 0.15) is 6.04 Å². The lowest BCUT2D eigenvalue weighted by molar-refractivity contribution is -0.140. The monoisotopic (exact) mass is 274 g/mol. The Labute approximate surface area is 110 Å². The first-order chi connectivity index (χ1) is 8.49. The lowest BCUT2D eigenvalue weighted by atomic mass is 9.93. The van der Waals surface area contributed by atoms with Crippen LogP contribution >= 0.6 is 11.6 Å². The van der Waals surface area contributed by atoms with Gasteiger partial charge in [-0.3, -0.25) is 4.79 Å². The van der Waals surface area contributed by atoms with Crippen molar-refractivity contribution in [1.29, 1.82) is 0 Å². The second-order valence-corrected chi connectivity index (χ2v) is 4.42. The Morgan fingerprint density at radius 2 is 2.33 bits per heavy atom. The summed E-state index contributed by atoms with van der Waals surface area (Å²) >= 11 is 5.59. The second-order valence-electron chi connectivity index (χ2n) is 4.06. The van der Waals surface area contributed by atoms with Gasteiger partial charge in [0.2, 0.25) is 0 Å². The molecule has 1 aromatic rings. The van der Waals surface area contributed by atoms with E-state index in [0.29, 0.717) is 6.54 Å². The molecule has 0 saturated carbocycles. The summed E-state index contributed by atoms with van der Waals surface area (Å²) in [6, 6.07) is 0.605. The van der Waals surface area contributed by atoms with E-state index in [1.54, 1.807) is 6.92 Å². The van der Waals surface area contributed by atoms with E-state index in [1.807, 2.05) is 6.92 Å². The highest BCUT2D eigenvalue weighted by Gasteiger charge is 2.27. The first-order valence-corrected chi connectivity index (χ1v) is 6.12. The predicted octanol–water partition coefficient (Wildman–Crippen LogP) is 2.43. The van der Waals surface area contributed by atoms with Crippen molar-refractivity contribution < 1.29 is 14.3 Å². The van der Waals surface area contributed by atoms with Crippen molar-refractivity contribution in [2.45, 2.75) is 32.2 Å². The van der Waals surface area contributed by atoms with Crippen LogP contribution in [-0.4, -0.2) is 28.6 Å². The molecule has 18 heavy (non-hydrogen) atoms. The molecule has 0 saturated heterocycles. The van der Waals surface area contributed by atoms with Crippen molar-refractivity contribution in [3.63, 3.8) is 0 Å². The first kappa shape index (κ1) is 14.9. The summed E-state index contributed by atoms with van der Waals surface area (Å²) in [4.78, 5) is 14.8. The highest BCUT2D eigenvalue weighted by atomic mass is 35.5. The molecule has 0 radical (unpaired) electrons. The van der Waals surface area contributed by atoms with Gasteiger partial charge in [-0.05, 0) is 24.6 Å².